The van der Waals surface area contributed by atoms with E-state index in [0.717, 1.165) is 18.5 Å². The predicted molar refractivity (Wildman–Crippen MR) is 96.4 cm³/mol. The van der Waals surface area contributed by atoms with Crippen molar-refractivity contribution >= 4 is 23.2 Å². The molecule has 2 aliphatic rings. The van der Waals surface area contributed by atoms with Crippen molar-refractivity contribution in [2.45, 2.75) is 25.9 Å². The fourth-order valence-corrected chi connectivity index (χ4v) is 3.55. The van der Waals surface area contributed by atoms with Gasteiger partial charge >= 0.3 is 0 Å². The number of anilines is 2. The van der Waals surface area contributed by atoms with E-state index in [1.165, 1.54) is 5.56 Å². The number of nitrogens with zero attached hydrogens (tertiary/aromatic N) is 2. The van der Waals surface area contributed by atoms with Crippen LogP contribution in [0.2, 0.25) is 0 Å². The van der Waals surface area contributed by atoms with Crippen LogP contribution in [0.5, 0.6) is 5.75 Å². The Bertz CT molecular complexity index is 862. The second kappa shape index (κ2) is 5.92. The van der Waals surface area contributed by atoms with Crippen LogP contribution >= 0.6 is 0 Å². The minimum absolute atomic E-state index is 0.0363. The van der Waals surface area contributed by atoms with Crippen molar-refractivity contribution in [3.63, 3.8) is 0 Å². The van der Waals surface area contributed by atoms with Gasteiger partial charge in [0.2, 0.25) is 0 Å². The minimum Gasteiger partial charge on any atom is -0.479 e. The molecule has 5 heteroatoms. The molecule has 0 saturated carbocycles. The number of amides is 2. The van der Waals surface area contributed by atoms with Gasteiger partial charge in [-0.05, 0) is 49.6 Å². The number of carbonyl (C=O) groups is 2. The molecule has 4 rings (SSSR count). The van der Waals surface area contributed by atoms with Crippen molar-refractivity contribution < 1.29 is 14.3 Å². The zero-order valence-electron chi connectivity index (χ0n) is 14.4. The molecule has 2 heterocycles. The fourth-order valence-electron chi connectivity index (χ4n) is 3.55. The molecule has 0 fully saturated rings. The lowest BCUT2D eigenvalue weighted by molar-refractivity contribution is -0.125. The van der Waals surface area contributed by atoms with Gasteiger partial charge in [0.15, 0.2) is 6.10 Å². The van der Waals surface area contributed by atoms with E-state index in [-0.39, 0.29) is 11.8 Å². The molecule has 0 saturated heterocycles. The van der Waals surface area contributed by atoms with Crippen molar-refractivity contribution in [1.82, 2.24) is 0 Å². The predicted octanol–water partition coefficient (Wildman–Crippen LogP) is 3.02. The van der Waals surface area contributed by atoms with Crippen LogP contribution in [-0.2, 0) is 11.2 Å². The fraction of sp³-hybridized carbons (Fsp3) is 0.300. The topological polar surface area (TPSA) is 49.9 Å². The van der Waals surface area contributed by atoms with Crippen LogP contribution in [0.4, 0.5) is 11.4 Å². The van der Waals surface area contributed by atoms with E-state index < -0.39 is 6.10 Å². The van der Waals surface area contributed by atoms with Gasteiger partial charge in [-0.15, -0.1) is 0 Å². The summed E-state index contributed by atoms with van der Waals surface area (Å²) in [6.45, 7) is 2.43. The highest BCUT2D eigenvalue weighted by molar-refractivity contribution is 6.08. The van der Waals surface area contributed by atoms with Crippen molar-refractivity contribution in [3.8, 4) is 5.75 Å². The Kier molecular flexibility index (Phi) is 3.71. The quantitative estimate of drug-likeness (QED) is 0.804. The van der Waals surface area contributed by atoms with Crippen molar-refractivity contribution in [1.29, 1.82) is 0 Å². The highest BCUT2D eigenvalue weighted by Crippen LogP contribution is 2.35. The van der Waals surface area contributed by atoms with Gasteiger partial charge in [0.25, 0.3) is 11.8 Å². The molecule has 5 nitrogen and oxygen atoms in total. The molecule has 0 radical (unpaired) electrons. The van der Waals surface area contributed by atoms with Gasteiger partial charge in [-0.3, -0.25) is 9.59 Å². The average Bonchev–Trinajstić information content (AvgIpc) is 2.65. The number of hydrogen-bond acceptors (Lipinski definition) is 3. The molecule has 2 aromatic rings. The smallest absolute Gasteiger partial charge is 0.267 e. The molecule has 2 aliphatic heterocycles. The summed E-state index contributed by atoms with van der Waals surface area (Å²) in [5, 5.41) is 0. The number of aryl methyl sites for hydroxylation is 1. The maximum Gasteiger partial charge on any atom is 0.267 e. The molecule has 2 aromatic carbocycles. The third kappa shape index (κ3) is 2.56. The number of carbonyl (C=O) groups excluding carboxylic acids is 2. The zero-order chi connectivity index (χ0) is 17.6. The number of likely N-dealkylation sites (N-methyl/N-ethyl adjacent to an activating group) is 1. The van der Waals surface area contributed by atoms with Crippen molar-refractivity contribution in [2.24, 2.45) is 0 Å². The minimum atomic E-state index is -0.543. The van der Waals surface area contributed by atoms with Gasteiger partial charge < -0.3 is 14.5 Å². The third-order valence-electron chi connectivity index (χ3n) is 4.91. The molecule has 0 spiro atoms. The molecule has 0 aromatic heterocycles. The summed E-state index contributed by atoms with van der Waals surface area (Å²) in [5.41, 5.74) is 3.46. The number of ether oxygens (including phenoxy) is 1. The highest BCUT2D eigenvalue weighted by atomic mass is 16.5. The summed E-state index contributed by atoms with van der Waals surface area (Å²) in [5.74, 6) is 0.452. The Labute approximate surface area is 146 Å². The first-order valence-corrected chi connectivity index (χ1v) is 8.54. The van der Waals surface area contributed by atoms with Crippen LogP contribution < -0.4 is 14.5 Å². The molecule has 128 valence electrons. The van der Waals surface area contributed by atoms with Gasteiger partial charge in [-0.2, -0.15) is 0 Å². The zero-order valence-corrected chi connectivity index (χ0v) is 14.4. The number of benzene rings is 2. The van der Waals surface area contributed by atoms with Gasteiger partial charge in [0.1, 0.15) is 5.75 Å². The first-order valence-electron chi connectivity index (χ1n) is 8.54. The van der Waals surface area contributed by atoms with Gasteiger partial charge in [0, 0.05) is 24.8 Å². The first kappa shape index (κ1) is 15.7. The largest absolute Gasteiger partial charge is 0.479 e. The number of hydrogen-bond donors (Lipinski definition) is 0. The van der Waals surface area contributed by atoms with Crippen molar-refractivity contribution in [2.75, 3.05) is 23.4 Å². The van der Waals surface area contributed by atoms with Crippen LogP contribution in [0.1, 0.15) is 29.3 Å². The summed E-state index contributed by atoms with van der Waals surface area (Å²) in [6.07, 6.45) is 1.41. The van der Waals surface area contributed by atoms with E-state index in [0.29, 0.717) is 23.5 Å². The molecule has 0 aliphatic carbocycles. The average molecular weight is 336 g/mol. The lowest BCUT2D eigenvalue weighted by atomic mass is 10.0. The standard InChI is InChI=1S/C20H20N2O3/c1-13-19(23)21(2)17-10-9-15(12-18(17)25-13)20(24)22-11-5-7-14-6-3-4-8-16(14)22/h3-4,6,8-10,12-13H,5,7,11H2,1-2H3. The van der Waals surface area contributed by atoms with E-state index in [2.05, 4.69) is 6.07 Å². The van der Waals surface area contributed by atoms with Crippen molar-refractivity contribution in [3.05, 3.63) is 53.6 Å². The monoisotopic (exact) mass is 336 g/mol. The van der Waals surface area contributed by atoms with Gasteiger partial charge in [0.05, 0.1) is 5.69 Å². The van der Waals surface area contributed by atoms with Gasteiger partial charge in [-0.1, -0.05) is 18.2 Å². The Balaban J connectivity index is 1.69. The molecule has 25 heavy (non-hydrogen) atoms. The molecule has 2 amide bonds. The number of para-hydroxylation sites is 1. The van der Waals surface area contributed by atoms with E-state index in [1.54, 1.807) is 37.1 Å². The summed E-state index contributed by atoms with van der Waals surface area (Å²) >= 11 is 0. The second-order valence-corrected chi connectivity index (χ2v) is 6.53. The van der Waals surface area contributed by atoms with Crippen LogP contribution in [-0.4, -0.2) is 31.5 Å². The SMILES string of the molecule is CC1Oc2cc(C(=O)N3CCCc4ccccc43)ccc2N(C)C1=O. The van der Waals surface area contributed by atoms with E-state index in [9.17, 15) is 9.59 Å². The summed E-state index contributed by atoms with van der Waals surface area (Å²) in [6, 6.07) is 13.3. The second-order valence-electron chi connectivity index (χ2n) is 6.53. The van der Waals surface area contributed by atoms with Crippen LogP contribution in [0.15, 0.2) is 42.5 Å². The Morgan fingerprint density at radius 3 is 2.80 bits per heavy atom. The normalized spacial score (nSPS) is 19.1. The molecular formula is C20H20N2O3. The van der Waals surface area contributed by atoms with E-state index >= 15 is 0 Å². The molecular weight excluding hydrogens is 316 g/mol. The highest BCUT2D eigenvalue weighted by Gasteiger charge is 2.30. The maximum absolute atomic E-state index is 13.1. The molecule has 1 atom stereocenters. The Morgan fingerprint density at radius 1 is 1.16 bits per heavy atom. The first-order chi connectivity index (χ1) is 12.1. The summed E-state index contributed by atoms with van der Waals surface area (Å²) in [7, 11) is 1.72. The summed E-state index contributed by atoms with van der Waals surface area (Å²) in [4.78, 5) is 28.5. The van der Waals surface area contributed by atoms with Crippen LogP contribution in [0, 0.1) is 0 Å². The van der Waals surface area contributed by atoms with Crippen LogP contribution in [0.3, 0.4) is 0 Å². The Morgan fingerprint density at radius 2 is 1.96 bits per heavy atom. The van der Waals surface area contributed by atoms with E-state index in [1.807, 2.05) is 23.1 Å². The lowest BCUT2D eigenvalue weighted by Crippen LogP contribution is -2.42. The van der Waals surface area contributed by atoms with E-state index in [4.69, 9.17) is 4.74 Å². The third-order valence-corrected chi connectivity index (χ3v) is 4.91. The number of fused-ring (bicyclic) bond motifs is 2. The summed E-state index contributed by atoms with van der Waals surface area (Å²) < 4.78 is 5.70. The molecule has 0 N–H and O–H groups in total. The van der Waals surface area contributed by atoms with Gasteiger partial charge in [-0.25, -0.2) is 0 Å². The molecule has 1 unspecified atom stereocenters. The molecule has 0 bridgehead atoms. The maximum atomic E-state index is 13.1. The lowest BCUT2D eigenvalue weighted by Gasteiger charge is -2.32. The number of rotatable bonds is 1. The van der Waals surface area contributed by atoms with Crippen LogP contribution in [0.25, 0.3) is 0 Å². The Hall–Kier alpha value is -2.82.